The molecule has 2 aromatic carbocycles. The molecule has 3 aromatic rings. The number of nitrogens with one attached hydrogen (secondary N) is 1. The molecule has 0 saturated heterocycles. The number of rotatable bonds is 6. The number of hydrogen-bond donors (Lipinski definition) is 2. The molecule has 1 heterocycles. The van der Waals surface area contributed by atoms with Crippen molar-refractivity contribution >= 4 is 5.91 Å². The molecule has 4 rings (SSSR count). The van der Waals surface area contributed by atoms with Crippen LogP contribution in [-0.2, 0) is 0 Å². The van der Waals surface area contributed by atoms with Crippen LogP contribution in [0.2, 0.25) is 0 Å². The van der Waals surface area contributed by atoms with Crippen LogP contribution in [0.5, 0.6) is 0 Å². The minimum atomic E-state index is -0.756. The molecule has 6 nitrogen and oxygen atoms in total. The highest BCUT2D eigenvalue weighted by atomic mass is 16.3. The summed E-state index contributed by atoms with van der Waals surface area (Å²) in [7, 11) is 0. The number of carbonyl (C=O) groups excluding carboxylic acids is 1. The summed E-state index contributed by atoms with van der Waals surface area (Å²) in [4.78, 5) is 12.6. The molecule has 0 bridgehead atoms. The number of carbonyl (C=O) groups is 1. The number of aliphatic hydroxyl groups is 1. The highest BCUT2D eigenvalue weighted by Crippen LogP contribution is 2.41. The molecule has 1 atom stereocenters. The first-order chi connectivity index (χ1) is 12.7. The van der Waals surface area contributed by atoms with Crippen LogP contribution >= 0.6 is 0 Å². The third-order valence-electron chi connectivity index (χ3n) is 4.53. The Balaban J connectivity index is 1.52. The Kier molecular flexibility index (Phi) is 4.50. The van der Waals surface area contributed by atoms with Gasteiger partial charge in [-0.3, -0.25) is 4.79 Å². The van der Waals surface area contributed by atoms with Crippen molar-refractivity contribution in [3.8, 4) is 5.69 Å². The number of aliphatic hydroxyl groups excluding tert-OH is 1. The summed E-state index contributed by atoms with van der Waals surface area (Å²) in [5, 5.41) is 21.3. The van der Waals surface area contributed by atoms with Gasteiger partial charge in [-0.2, -0.15) is 0 Å². The van der Waals surface area contributed by atoms with Crippen molar-refractivity contribution in [2.45, 2.75) is 24.9 Å². The van der Waals surface area contributed by atoms with Gasteiger partial charge in [-0.05, 0) is 30.5 Å². The van der Waals surface area contributed by atoms with Gasteiger partial charge in [0.2, 0.25) is 0 Å². The van der Waals surface area contributed by atoms with E-state index >= 15 is 0 Å². The Morgan fingerprint density at radius 2 is 1.77 bits per heavy atom. The van der Waals surface area contributed by atoms with E-state index in [1.807, 2.05) is 60.7 Å². The van der Waals surface area contributed by atoms with Gasteiger partial charge in [0.15, 0.2) is 5.69 Å². The van der Waals surface area contributed by atoms with E-state index in [4.69, 9.17) is 0 Å². The van der Waals surface area contributed by atoms with E-state index in [0.29, 0.717) is 11.6 Å². The molecule has 0 radical (unpaired) electrons. The first kappa shape index (κ1) is 16.5. The summed E-state index contributed by atoms with van der Waals surface area (Å²) in [6, 6.07) is 19.0. The van der Waals surface area contributed by atoms with Crippen LogP contribution in [0, 0.1) is 0 Å². The summed E-state index contributed by atoms with van der Waals surface area (Å²) in [6.45, 7) is 0.130. The van der Waals surface area contributed by atoms with Crippen molar-refractivity contribution in [3.05, 3.63) is 77.6 Å². The molecule has 26 heavy (non-hydrogen) atoms. The van der Waals surface area contributed by atoms with Gasteiger partial charge in [0.1, 0.15) is 0 Å². The Morgan fingerprint density at radius 3 is 2.42 bits per heavy atom. The van der Waals surface area contributed by atoms with Gasteiger partial charge in [0, 0.05) is 12.5 Å². The molecule has 6 heteroatoms. The minimum Gasteiger partial charge on any atom is -0.387 e. The lowest BCUT2D eigenvalue weighted by Gasteiger charge is -2.12. The average Bonchev–Trinajstić information content (AvgIpc) is 3.45. The molecule has 1 amide bonds. The number of hydrogen-bond acceptors (Lipinski definition) is 4. The zero-order valence-electron chi connectivity index (χ0n) is 14.2. The van der Waals surface area contributed by atoms with Crippen LogP contribution in [0.4, 0.5) is 0 Å². The van der Waals surface area contributed by atoms with E-state index in [0.717, 1.165) is 29.8 Å². The van der Waals surface area contributed by atoms with E-state index in [1.54, 1.807) is 4.68 Å². The molecule has 132 valence electrons. The zero-order valence-corrected chi connectivity index (χ0v) is 14.2. The Bertz CT molecular complexity index is 889. The van der Waals surface area contributed by atoms with Crippen LogP contribution < -0.4 is 5.32 Å². The molecule has 1 aliphatic carbocycles. The maximum atomic E-state index is 12.6. The number of aromatic nitrogens is 3. The zero-order chi connectivity index (χ0) is 17.9. The van der Waals surface area contributed by atoms with Crippen LogP contribution in [0.25, 0.3) is 5.69 Å². The lowest BCUT2D eigenvalue weighted by atomic mass is 10.1. The second-order valence-corrected chi connectivity index (χ2v) is 6.48. The minimum absolute atomic E-state index is 0.130. The SMILES string of the molecule is O=C(NC[C@@H](O)c1ccccc1)c1nnn(-c2ccccc2)c1C1CC1. The predicted molar refractivity (Wildman–Crippen MR) is 97.1 cm³/mol. The van der Waals surface area contributed by atoms with E-state index < -0.39 is 6.10 Å². The topological polar surface area (TPSA) is 80.0 Å². The van der Waals surface area contributed by atoms with Crippen LogP contribution in [0.1, 0.15) is 46.6 Å². The monoisotopic (exact) mass is 348 g/mol. The van der Waals surface area contributed by atoms with Crippen LogP contribution in [0.3, 0.4) is 0 Å². The molecule has 2 N–H and O–H groups in total. The standard InChI is InChI=1S/C20H20N4O2/c25-17(14-7-3-1-4-8-14)13-21-20(26)18-19(15-11-12-15)24(23-22-18)16-9-5-2-6-10-16/h1-10,15,17,25H,11-13H2,(H,21,26)/t17-/m1/s1. The van der Waals surface area contributed by atoms with Crippen molar-refractivity contribution in [3.63, 3.8) is 0 Å². The molecule has 1 aliphatic rings. The molecule has 1 fully saturated rings. The Labute approximate surface area is 151 Å². The quantitative estimate of drug-likeness (QED) is 0.718. The molecule has 0 unspecified atom stereocenters. The van der Waals surface area contributed by atoms with Crippen molar-refractivity contribution in [2.75, 3.05) is 6.54 Å². The van der Waals surface area contributed by atoms with Gasteiger partial charge in [0.25, 0.3) is 5.91 Å². The van der Waals surface area contributed by atoms with Crippen LogP contribution in [-0.4, -0.2) is 32.6 Å². The highest BCUT2D eigenvalue weighted by molar-refractivity contribution is 5.93. The number of benzene rings is 2. The van der Waals surface area contributed by atoms with Crippen LogP contribution in [0.15, 0.2) is 60.7 Å². The highest BCUT2D eigenvalue weighted by Gasteiger charge is 2.34. The molecule has 1 saturated carbocycles. The van der Waals surface area contributed by atoms with E-state index in [-0.39, 0.29) is 12.5 Å². The summed E-state index contributed by atoms with van der Waals surface area (Å²) >= 11 is 0. The summed E-state index contributed by atoms with van der Waals surface area (Å²) < 4.78 is 1.75. The van der Waals surface area contributed by atoms with E-state index in [9.17, 15) is 9.90 Å². The molecular formula is C20H20N4O2. The molecule has 1 aromatic heterocycles. The van der Waals surface area contributed by atoms with Gasteiger partial charge in [-0.15, -0.1) is 5.10 Å². The maximum Gasteiger partial charge on any atom is 0.273 e. The fourth-order valence-corrected chi connectivity index (χ4v) is 3.00. The van der Waals surface area contributed by atoms with Gasteiger partial charge >= 0.3 is 0 Å². The summed E-state index contributed by atoms with van der Waals surface area (Å²) in [5.41, 5.74) is 2.85. The second-order valence-electron chi connectivity index (χ2n) is 6.48. The second kappa shape index (κ2) is 7.09. The van der Waals surface area contributed by atoms with Gasteiger partial charge in [-0.25, -0.2) is 4.68 Å². The first-order valence-electron chi connectivity index (χ1n) is 8.76. The van der Waals surface area contributed by atoms with Gasteiger partial charge in [-0.1, -0.05) is 53.7 Å². The lowest BCUT2D eigenvalue weighted by Crippen LogP contribution is -2.29. The van der Waals surface area contributed by atoms with E-state index in [2.05, 4.69) is 15.6 Å². The fourth-order valence-electron chi connectivity index (χ4n) is 3.00. The van der Waals surface area contributed by atoms with Gasteiger partial charge in [0.05, 0.1) is 17.5 Å². The van der Waals surface area contributed by atoms with Gasteiger partial charge < -0.3 is 10.4 Å². The van der Waals surface area contributed by atoms with Crippen molar-refractivity contribution in [1.82, 2.24) is 20.3 Å². The molecule has 0 aliphatic heterocycles. The molecular weight excluding hydrogens is 328 g/mol. The smallest absolute Gasteiger partial charge is 0.273 e. The van der Waals surface area contributed by atoms with Crippen molar-refractivity contribution < 1.29 is 9.90 Å². The van der Waals surface area contributed by atoms with Crippen molar-refractivity contribution in [2.24, 2.45) is 0 Å². The largest absolute Gasteiger partial charge is 0.387 e. The fraction of sp³-hybridized carbons (Fsp3) is 0.250. The predicted octanol–water partition coefficient (Wildman–Crippen LogP) is 2.61. The summed E-state index contributed by atoms with van der Waals surface area (Å²) in [5.74, 6) is 0.00839. The number of para-hydroxylation sites is 1. The first-order valence-corrected chi connectivity index (χ1v) is 8.76. The summed E-state index contributed by atoms with van der Waals surface area (Å²) in [6.07, 6.45) is 1.31. The molecule has 0 spiro atoms. The average molecular weight is 348 g/mol. The number of nitrogens with zero attached hydrogens (tertiary/aromatic N) is 3. The normalized spacial score (nSPS) is 14.8. The lowest BCUT2D eigenvalue weighted by molar-refractivity contribution is 0.0910. The third kappa shape index (κ3) is 3.36. The number of amides is 1. The van der Waals surface area contributed by atoms with Crippen molar-refractivity contribution in [1.29, 1.82) is 0 Å². The maximum absolute atomic E-state index is 12.6. The third-order valence-corrected chi connectivity index (χ3v) is 4.53. The Hall–Kier alpha value is -2.99. The Morgan fingerprint density at radius 1 is 1.12 bits per heavy atom. The van der Waals surface area contributed by atoms with E-state index in [1.165, 1.54) is 0 Å².